The Morgan fingerprint density at radius 1 is 1.54 bits per heavy atom. The van der Waals surface area contributed by atoms with Crippen molar-refractivity contribution in [2.45, 2.75) is 25.9 Å². The van der Waals surface area contributed by atoms with Gasteiger partial charge in [0.2, 0.25) is 0 Å². The number of rotatable bonds is 3. The molecule has 0 spiro atoms. The zero-order chi connectivity index (χ0) is 9.84. The summed E-state index contributed by atoms with van der Waals surface area (Å²) in [5.41, 5.74) is 0.475. The average Bonchev–Trinajstić information content (AvgIpc) is 2.09. The Kier molecular flexibility index (Phi) is 3.70. The van der Waals surface area contributed by atoms with Gasteiger partial charge < -0.3 is 5.11 Å². The third-order valence-corrected chi connectivity index (χ3v) is 2.22. The molecule has 0 aliphatic carbocycles. The average molecular weight is 203 g/mol. The highest BCUT2D eigenvalue weighted by atomic mass is 35.5. The maximum Gasteiger partial charge on any atom is 0.123 e. The Morgan fingerprint density at radius 3 is 2.85 bits per heavy atom. The molecule has 0 fully saturated rings. The largest absolute Gasteiger partial charge is 0.388 e. The van der Waals surface area contributed by atoms with Gasteiger partial charge in [0.05, 0.1) is 6.10 Å². The third kappa shape index (κ3) is 2.68. The summed E-state index contributed by atoms with van der Waals surface area (Å²) in [6.07, 6.45) is 0.783. The molecule has 1 aromatic rings. The van der Waals surface area contributed by atoms with Crippen LogP contribution in [0.3, 0.4) is 0 Å². The van der Waals surface area contributed by atoms with Crippen molar-refractivity contribution >= 4 is 11.6 Å². The molecule has 0 aromatic heterocycles. The Bertz CT molecular complexity index is 288. The van der Waals surface area contributed by atoms with Gasteiger partial charge in [-0.15, -0.1) is 0 Å². The lowest BCUT2D eigenvalue weighted by atomic mass is 10.1. The van der Waals surface area contributed by atoms with E-state index in [1.807, 2.05) is 6.92 Å². The minimum Gasteiger partial charge on any atom is -0.388 e. The topological polar surface area (TPSA) is 20.2 Å². The fourth-order valence-electron chi connectivity index (χ4n) is 1.20. The minimum absolute atomic E-state index is 0.366. The van der Waals surface area contributed by atoms with Crippen molar-refractivity contribution in [1.82, 2.24) is 0 Å². The number of halogens is 2. The van der Waals surface area contributed by atoms with E-state index in [9.17, 15) is 9.50 Å². The standard InChI is InChI=1S/C10H12ClFO/c1-2-3-10(13)8-6-7(12)4-5-9(8)11/h4-6,10,13H,2-3H2,1H3. The van der Waals surface area contributed by atoms with Crippen LogP contribution in [0.5, 0.6) is 0 Å². The quantitative estimate of drug-likeness (QED) is 0.798. The number of aliphatic hydroxyl groups is 1. The van der Waals surface area contributed by atoms with Crippen molar-refractivity contribution in [2.75, 3.05) is 0 Å². The smallest absolute Gasteiger partial charge is 0.123 e. The SMILES string of the molecule is CCCC(O)c1cc(F)ccc1Cl. The summed E-state index contributed by atoms with van der Waals surface area (Å²) < 4.78 is 12.8. The van der Waals surface area contributed by atoms with E-state index in [1.165, 1.54) is 18.2 Å². The van der Waals surface area contributed by atoms with E-state index in [4.69, 9.17) is 11.6 Å². The monoisotopic (exact) mass is 202 g/mol. The van der Waals surface area contributed by atoms with E-state index in [0.29, 0.717) is 17.0 Å². The fraction of sp³-hybridized carbons (Fsp3) is 0.400. The van der Waals surface area contributed by atoms with Crippen LogP contribution in [-0.4, -0.2) is 5.11 Å². The molecular weight excluding hydrogens is 191 g/mol. The molecule has 0 radical (unpaired) electrons. The van der Waals surface area contributed by atoms with Gasteiger partial charge in [0, 0.05) is 10.6 Å². The van der Waals surface area contributed by atoms with Crippen molar-refractivity contribution in [3.8, 4) is 0 Å². The molecule has 13 heavy (non-hydrogen) atoms. The van der Waals surface area contributed by atoms with Crippen molar-refractivity contribution < 1.29 is 9.50 Å². The lowest BCUT2D eigenvalue weighted by Crippen LogP contribution is -1.98. The molecule has 3 heteroatoms. The fourth-order valence-corrected chi connectivity index (χ4v) is 1.44. The summed E-state index contributed by atoms with van der Waals surface area (Å²) in [5, 5.41) is 9.99. The molecule has 0 aliphatic heterocycles. The van der Waals surface area contributed by atoms with E-state index < -0.39 is 6.10 Å². The summed E-state index contributed by atoms with van der Waals surface area (Å²) in [6.45, 7) is 1.95. The van der Waals surface area contributed by atoms with Crippen LogP contribution in [0.25, 0.3) is 0 Å². The molecule has 1 unspecified atom stereocenters. The van der Waals surface area contributed by atoms with Crippen molar-refractivity contribution in [3.63, 3.8) is 0 Å². The lowest BCUT2D eigenvalue weighted by molar-refractivity contribution is 0.166. The highest BCUT2D eigenvalue weighted by Crippen LogP contribution is 2.26. The van der Waals surface area contributed by atoms with E-state index in [-0.39, 0.29) is 5.82 Å². The Balaban J connectivity index is 2.91. The van der Waals surface area contributed by atoms with Crippen LogP contribution in [0.4, 0.5) is 4.39 Å². The van der Waals surface area contributed by atoms with Gasteiger partial charge in [-0.1, -0.05) is 24.9 Å². The molecule has 0 amide bonds. The Morgan fingerprint density at radius 2 is 2.23 bits per heavy atom. The summed E-state index contributed by atoms with van der Waals surface area (Å²) in [5.74, 6) is -0.366. The zero-order valence-electron chi connectivity index (χ0n) is 7.43. The molecule has 0 aliphatic rings. The molecule has 0 saturated carbocycles. The van der Waals surface area contributed by atoms with Crippen LogP contribution in [-0.2, 0) is 0 Å². The predicted octanol–water partition coefficient (Wildman–Crippen LogP) is 3.31. The molecule has 1 nitrogen and oxygen atoms in total. The van der Waals surface area contributed by atoms with E-state index >= 15 is 0 Å². The molecule has 1 atom stereocenters. The van der Waals surface area contributed by atoms with Crippen LogP contribution in [0.15, 0.2) is 18.2 Å². The summed E-state index contributed by atoms with van der Waals surface area (Å²) in [6, 6.07) is 4.03. The normalized spacial score (nSPS) is 12.9. The number of hydrogen-bond acceptors (Lipinski definition) is 1. The highest BCUT2D eigenvalue weighted by molar-refractivity contribution is 6.31. The molecule has 1 rings (SSSR count). The Hall–Kier alpha value is -0.600. The maximum absolute atomic E-state index is 12.8. The molecule has 72 valence electrons. The highest BCUT2D eigenvalue weighted by Gasteiger charge is 2.11. The first-order valence-corrected chi connectivity index (χ1v) is 4.66. The second-order valence-electron chi connectivity index (χ2n) is 2.97. The van der Waals surface area contributed by atoms with Crippen molar-refractivity contribution in [2.24, 2.45) is 0 Å². The van der Waals surface area contributed by atoms with Gasteiger partial charge >= 0.3 is 0 Å². The van der Waals surface area contributed by atoms with Gasteiger partial charge in [-0.3, -0.25) is 0 Å². The molecular formula is C10H12ClFO. The molecule has 1 aromatic carbocycles. The van der Waals surface area contributed by atoms with Gasteiger partial charge in [0.25, 0.3) is 0 Å². The number of benzene rings is 1. The second kappa shape index (κ2) is 4.58. The zero-order valence-corrected chi connectivity index (χ0v) is 8.18. The van der Waals surface area contributed by atoms with Gasteiger partial charge in [-0.25, -0.2) is 4.39 Å². The van der Waals surface area contributed by atoms with Crippen molar-refractivity contribution in [3.05, 3.63) is 34.6 Å². The van der Waals surface area contributed by atoms with E-state index in [0.717, 1.165) is 6.42 Å². The summed E-state index contributed by atoms with van der Waals surface area (Å²) >= 11 is 5.80. The first kappa shape index (κ1) is 10.5. The van der Waals surface area contributed by atoms with Crippen LogP contribution < -0.4 is 0 Å². The molecule has 0 bridgehead atoms. The van der Waals surface area contributed by atoms with E-state index in [1.54, 1.807) is 0 Å². The first-order valence-electron chi connectivity index (χ1n) is 4.28. The van der Waals surface area contributed by atoms with Gasteiger partial charge in [0.15, 0.2) is 0 Å². The molecule has 0 saturated heterocycles. The van der Waals surface area contributed by atoms with Gasteiger partial charge in [0.1, 0.15) is 5.82 Å². The predicted molar refractivity (Wildman–Crippen MR) is 51.3 cm³/mol. The first-order chi connectivity index (χ1) is 6.15. The molecule has 0 heterocycles. The van der Waals surface area contributed by atoms with Crippen LogP contribution in [0.1, 0.15) is 31.4 Å². The van der Waals surface area contributed by atoms with Crippen LogP contribution in [0, 0.1) is 5.82 Å². The second-order valence-corrected chi connectivity index (χ2v) is 3.38. The summed E-state index contributed by atoms with van der Waals surface area (Å²) in [7, 11) is 0. The van der Waals surface area contributed by atoms with Crippen molar-refractivity contribution in [1.29, 1.82) is 0 Å². The van der Waals surface area contributed by atoms with E-state index in [2.05, 4.69) is 0 Å². The number of aliphatic hydroxyl groups excluding tert-OH is 1. The van der Waals surface area contributed by atoms with Crippen LogP contribution >= 0.6 is 11.6 Å². The van der Waals surface area contributed by atoms with Gasteiger partial charge in [-0.05, 0) is 24.6 Å². The minimum atomic E-state index is -0.659. The summed E-state index contributed by atoms with van der Waals surface area (Å²) in [4.78, 5) is 0. The Labute approximate surface area is 82.2 Å². The maximum atomic E-state index is 12.8. The lowest BCUT2D eigenvalue weighted by Gasteiger charge is -2.11. The molecule has 1 N–H and O–H groups in total. The third-order valence-electron chi connectivity index (χ3n) is 1.88. The number of hydrogen-bond donors (Lipinski definition) is 1. The van der Waals surface area contributed by atoms with Gasteiger partial charge in [-0.2, -0.15) is 0 Å². The van der Waals surface area contributed by atoms with Crippen LogP contribution in [0.2, 0.25) is 5.02 Å².